The zero-order valence-corrected chi connectivity index (χ0v) is 8.27. The second-order valence-electron chi connectivity index (χ2n) is 4.16. The molecule has 0 spiro atoms. The van der Waals surface area contributed by atoms with Crippen molar-refractivity contribution >= 4 is 5.97 Å². The van der Waals surface area contributed by atoms with Crippen molar-refractivity contribution in [3.63, 3.8) is 0 Å². The lowest BCUT2D eigenvalue weighted by atomic mass is 9.94. The van der Waals surface area contributed by atoms with Gasteiger partial charge in [0.1, 0.15) is 6.10 Å². The van der Waals surface area contributed by atoms with E-state index in [-0.39, 0.29) is 12.2 Å². The van der Waals surface area contributed by atoms with Gasteiger partial charge in [-0.15, -0.1) is 0 Å². The molecule has 15 heavy (non-hydrogen) atoms. The van der Waals surface area contributed by atoms with E-state index >= 15 is 0 Å². The second kappa shape index (κ2) is 3.07. The lowest BCUT2D eigenvalue weighted by Crippen LogP contribution is -2.22. The average Bonchev–Trinajstić information content (AvgIpc) is 2.75. The van der Waals surface area contributed by atoms with E-state index < -0.39 is 5.97 Å². The Morgan fingerprint density at radius 1 is 1.53 bits per heavy atom. The van der Waals surface area contributed by atoms with Crippen molar-refractivity contribution in [2.75, 3.05) is 0 Å². The number of hydrogen-bond donors (Lipinski definition) is 1. The molecule has 0 aromatic carbocycles. The summed E-state index contributed by atoms with van der Waals surface area (Å²) in [5.74, 6) is -0.873. The monoisotopic (exact) mass is 204 g/mol. The molecule has 1 saturated carbocycles. The van der Waals surface area contributed by atoms with Crippen molar-refractivity contribution in [2.24, 2.45) is 0 Å². The summed E-state index contributed by atoms with van der Waals surface area (Å²) < 4.78 is 5.79. The van der Waals surface area contributed by atoms with Gasteiger partial charge in [0.2, 0.25) is 0 Å². The first-order valence-corrected chi connectivity index (χ1v) is 5.27. The fraction of sp³-hybridized carbons (Fsp3) is 0.417. The largest absolute Gasteiger partial charge is 0.478 e. The van der Waals surface area contributed by atoms with Crippen LogP contribution in [-0.4, -0.2) is 23.3 Å². The van der Waals surface area contributed by atoms with E-state index in [1.54, 1.807) is 6.08 Å². The Labute approximate surface area is 87.7 Å². The van der Waals surface area contributed by atoms with Gasteiger partial charge in [0.05, 0.1) is 11.7 Å². The molecule has 2 aliphatic carbocycles. The minimum atomic E-state index is -0.873. The van der Waals surface area contributed by atoms with Crippen LogP contribution in [0.3, 0.4) is 0 Å². The van der Waals surface area contributed by atoms with E-state index in [1.807, 2.05) is 12.2 Å². The van der Waals surface area contributed by atoms with Crippen LogP contribution < -0.4 is 0 Å². The molecule has 0 aromatic rings. The molecule has 3 aliphatic rings. The first kappa shape index (κ1) is 8.92. The van der Waals surface area contributed by atoms with Gasteiger partial charge < -0.3 is 9.84 Å². The van der Waals surface area contributed by atoms with E-state index in [0.717, 1.165) is 24.8 Å². The first-order chi connectivity index (χ1) is 7.27. The predicted molar refractivity (Wildman–Crippen MR) is 54.4 cm³/mol. The van der Waals surface area contributed by atoms with E-state index in [4.69, 9.17) is 9.84 Å². The first-order valence-electron chi connectivity index (χ1n) is 5.27. The molecular weight excluding hydrogens is 192 g/mol. The molecule has 1 heterocycles. The number of carbonyl (C=O) groups is 1. The molecule has 2 unspecified atom stereocenters. The third-order valence-corrected chi connectivity index (χ3v) is 3.34. The Morgan fingerprint density at radius 2 is 2.40 bits per heavy atom. The fourth-order valence-corrected chi connectivity index (χ4v) is 2.66. The highest BCUT2D eigenvalue weighted by Gasteiger charge is 2.40. The number of ether oxygens (including phenoxy) is 1. The number of carboxylic acid groups (broad SMARTS) is 1. The number of hydrogen-bond acceptors (Lipinski definition) is 2. The highest BCUT2D eigenvalue weighted by molar-refractivity contribution is 5.90. The molecule has 3 rings (SSSR count). The van der Waals surface area contributed by atoms with Gasteiger partial charge in [0.25, 0.3) is 0 Å². The summed E-state index contributed by atoms with van der Waals surface area (Å²) in [5.41, 5.74) is 2.79. The molecule has 3 heteroatoms. The Morgan fingerprint density at radius 3 is 3.20 bits per heavy atom. The smallest absolute Gasteiger partial charge is 0.334 e. The summed E-state index contributed by atoms with van der Waals surface area (Å²) in [5, 5.41) is 9.04. The van der Waals surface area contributed by atoms with Gasteiger partial charge >= 0.3 is 5.97 Å². The van der Waals surface area contributed by atoms with Crippen molar-refractivity contribution in [3.8, 4) is 0 Å². The summed E-state index contributed by atoms with van der Waals surface area (Å²) in [6, 6.07) is 0. The van der Waals surface area contributed by atoms with Crippen LogP contribution >= 0.6 is 0 Å². The summed E-state index contributed by atoms with van der Waals surface area (Å²) in [4.78, 5) is 11.0. The van der Waals surface area contributed by atoms with Gasteiger partial charge in [0, 0.05) is 0 Å². The third kappa shape index (κ3) is 1.20. The van der Waals surface area contributed by atoms with Crippen LogP contribution in [0, 0.1) is 0 Å². The lowest BCUT2D eigenvalue weighted by Gasteiger charge is -2.17. The molecule has 0 bridgehead atoms. The minimum Gasteiger partial charge on any atom is -0.478 e. The minimum absolute atomic E-state index is 0.176. The number of allylic oxidation sites excluding steroid dienone is 2. The maximum Gasteiger partial charge on any atom is 0.334 e. The molecule has 1 N–H and O–H groups in total. The van der Waals surface area contributed by atoms with Crippen LogP contribution in [0.4, 0.5) is 0 Å². The molecular formula is C12H12O3. The quantitative estimate of drug-likeness (QED) is 0.708. The summed E-state index contributed by atoms with van der Waals surface area (Å²) >= 11 is 0. The Hall–Kier alpha value is -1.35. The Kier molecular flexibility index (Phi) is 1.83. The van der Waals surface area contributed by atoms with Gasteiger partial charge in [-0.2, -0.15) is 0 Å². The van der Waals surface area contributed by atoms with Crippen molar-refractivity contribution in [1.29, 1.82) is 0 Å². The molecule has 0 radical (unpaired) electrons. The second-order valence-corrected chi connectivity index (χ2v) is 4.16. The van der Waals surface area contributed by atoms with Crippen LogP contribution in [0.1, 0.15) is 19.3 Å². The topological polar surface area (TPSA) is 46.5 Å². The molecule has 0 aromatic heterocycles. The van der Waals surface area contributed by atoms with Gasteiger partial charge in [-0.05, 0) is 36.5 Å². The van der Waals surface area contributed by atoms with Crippen LogP contribution in [0.2, 0.25) is 0 Å². The fourth-order valence-electron chi connectivity index (χ4n) is 2.66. The number of rotatable bonds is 1. The lowest BCUT2D eigenvalue weighted by molar-refractivity contribution is -0.134. The molecule has 0 amide bonds. The molecule has 78 valence electrons. The maximum absolute atomic E-state index is 11.0. The van der Waals surface area contributed by atoms with Crippen LogP contribution in [-0.2, 0) is 9.53 Å². The predicted octanol–water partition coefficient (Wildman–Crippen LogP) is 1.82. The number of carboxylic acids is 1. The van der Waals surface area contributed by atoms with Crippen molar-refractivity contribution in [1.82, 2.24) is 0 Å². The van der Waals surface area contributed by atoms with E-state index in [9.17, 15) is 4.79 Å². The van der Waals surface area contributed by atoms with Crippen LogP contribution in [0.5, 0.6) is 0 Å². The molecule has 3 nitrogen and oxygen atoms in total. The highest BCUT2D eigenvalue weighted by atomic mass is 16.5. The van der Waals surface area contributed by atoms with E-state index in [0.29, 0.717) is 5.57 Å². The molecule has 1 aliphatic heterocycles. The highest BCUT2D eigenvalue weighted by Crippen LogP contribution is 2.42. The number of aliphatic carboxylic acids is 1. The van der Waals surface area contributed by atoms with Crippen molar-refractivity contribution in [2.45, 2.75) is 31.5 Å². The zero-order chi connectivity index (χ0) is 10.4. The standard InChI is InChI=1S/C12H12O3/c13-12(14)9-5-1-4-8-7-3-2-6-10(7)15-11(8)9/h1,4-5,10-11H,2-3,6H2,(H,13,14). The Balaban J connectivity index is 2.03. The Bertz CT molecular complexity index is 415. The maximum atomic E-state index is 11.0. The van der Waals surface area contributed by atoms with Gasteiger partial charge in [-0.3, -0.25) is 0 Å². The van der Waals surface area contributed by atoms with Gasteiger partial charge in [-0.1, -0.05) is 12.2 Å². The van der Waals surface area contributed by atoms with Crippen LogP contribution in [0.15, 0.2) is 34.9 Å². The SMILES string of the molecule is O=C(O)C1=CC=CC2=C3CCCC3OC12. The molecule has 0 saturated heterocycles. The normalized spacial score (nSPS) is 32.7. The zero-order valence-electron chi connectivity index (χ0n) is 8.27. The van der Waals surface area contributed by atoms with Gasteiger partial charge in [0.15, 0.2) is 0 Å². The van der Waals surface area contributed by atoms with Crippen LogP contribution in [0.25, 0.3) is 0 Å². The van der Waals surface area contributed by atoms with Gasteiger partial charge in [-0.25, -0.2) is 4.79 Å². The molecule has 1 fully saturated rings. The van der Waals surface area contributed by atoms with E-state index in [2.05, 4.69) is 0 Å². The summed E-state index contributed by atoms with van der Waals surface area (Å²) in [7, 11) is 0. The average molecular weight is 204 g/mol. The summed E-state index contributed by atoms with van der Waals surface area (Å²) in [6.45, 7) is 0. The van der Waals surface area contributed by atoms with E-state index in [1.165, 1.54) is 5.57 Å². The summed E-state index contributed by atoms with van der Waals surface area (Å²) in [6.07, 6.45) is 8.57. The third-order valence-electron chi connectivity index (χ3n) is 3.34. The number of fused-ring (bicyclic) bond motifs is 2. The van der Waals surface area contributed by atoms with Crippen molar-refractivity contribution in [3.05, 3.63) is 34.9 Å². The van der Waals surface area contributed by atoms with Crippen molar-refractivity contribution < 1.29 is 14.6 Å². The molecule has 2 atom stereocenters.